The third-order valence-electron chi connectivity index (χ3n) is 3.46. The second-order valence-corrected chi connectivity index (χ2v) is 5.28. The normalized spacial score (nSPS) is 17.0. The Bertz CT molecular complexity index is 433. The van der Waals surface area contributed by atoms with Crippen molar-refractivity contribution in [2.45, 2.75) is 33.2 Å². The maximum absolute atomic E-state index is 11.9. The molecule has 0 saturated carbocycles. The molecule has 1 N–H and O–H groups in total. The second-order valence-electron chi connectivity index (χ2n) is 5.28. The zero-order valence-electron chi connectivity index (χ0n) is 12.4. The van der Waals surface area contributed by atoms with Crippen LogP contribution in [0.5, 0.6) is 0 Å². The molecular weight excluding hydrogens is 256 g/mol. The number of aromatic nitrogens is 1. The zero-order chi connectivity index (χ0) is 14.4. The van der Waals surface area contributed by atoms with Crippen molar-refractivity contribution < 1.29 is 9.32 Å². The summed E-state index contributed by atoms with van der Waals surface area (Å²) in [5.74, 6) is 0.843. The Balaban J connectivity index is 1.81. The maximum atomic E-state index is 11.9. The van der Waals surface area contributed by atoms with Crippen LogP contribution in [-0.4, -0.2) is 53.7 Å². The van der Waals surface area contributed by atoms with Gasteiger partial charge in [0.05, 0.1) is 5.69 Å². The van der Waals surface area contributed by atoms with Crippen molar-refractivity contribution in [3.05, 3.63) is 17.5 Å². The first kappa shape index (κ1) is 14.8. The van der Waals surface area contributed by atoms with Crippen molar-refractivity contribution in [1.29, 1.82) is 0 Å². The molecule has 6 heteroatoms. The van der Waals surface area contributed by atoms with E-state index in [0.717, 1.165) is 63.6 Å². The van der Waals surface area contributed by atoms with E-state index in [-0.39, 0.29) is 6.03 Å². The minimum atomic E-state index is 0.0611. The van der Waals surface area contributed by atoms with E-state index in [1.54, 1.807) is 0 Å². The number of carbonyl (C=O) groups excluding carboxylic acids is 1. The van der Waals surface area contributed by atoms with Gasteiger partial charge < -0.3 is 14.7 Å². The van der Waals surface area contributed by atoms with Crippen LogP contribution in [0.3, 0.4) is 0 Å². The summed E-state index contributed by atoms with van der Waals surface area (Å²) in [5, 5.41) is 6.96. The lowest BCUT2D eigenvalue weighted by Gasteiger charge is -2.21. The van der Waals surface area contributed by atoms with Gasteiger partial charge in [0, 0.05) is 45.3 Å². The Morgan fingerprint density at radius 1 is 1.40 bits per heavy atom. The highest BCUT2D eigenvalue weighted by molar-refractivity contribution is 5.74. The van der Waals surface area contributed by atoms with Gasteiger partial charge in [0.15, 0.2) is 0 Å². The largest absolute Gasteiger partial charge is 0.361 e. The van der Waals surface area contributed by atoms with Crippen LogP contribution in [0.25, 0.3) is 0 Å². The Morgan fingerprint density at radius 2 is 2.25 bits per heavy atom. The van der Waals surface area contributed by atoms with Crippen molar-refractivity contribution in [2.75, 3.05) is 32.7 Å². The molecule has 20 heavy (non-hydrogen) atoms. The van der Waals surface area contributed by atoms with Gasteiger partial charge in [-0.2, -0.15) is 0 Å². The molecule has 0 aliphatic carbocycles. The summed E-state index contributed by atoms with van der Waals surface area (Å²) in [5.41, 5.74) is 0.964. The Kier molecular flexibility index (Phi) is 5.40. The van der Waals surface area contributed by atoms with E-state index in [9.17, 15) is 4.79 Å². The molecule has 2 rings (SSSR count). The van der Waals surface area contributed by atoms with Gasteiger partial charge in [-0.05, 0) is 19.8 Å². The molecule has 1 aromatic heterocycles. The van der Waals surface area contributed by atoms with Crippen LogP contribution >= 0.6 is 0 Å². The lowest BCUT2D eigenvalue weighted by atomic mass is 10.3. The summed E-state index contributed by atoms with van der Waals surface area (Å²) < 4.78 is 5.09. The average molecular weight is 280 g/mol. The number of nitrogens with zero attached hydrogens (tertiary/aromatic N) is 3. The molecule has 1 saturated heterocycles. The third-order valence-corrected chi connectivity index (χ3v) is 3.46. The summed E-state index contributed by atoms with van der Waals surface area (Å²) in [6.07, 6.45) is 1.97. The van der Waals surface area contributed by atoms with Crippen molar-refractivity contribution in [2.24, 2.45) is 0 Å². The van der Waals surface area contributed by atoms with Crippen LogP contribution in [0.1, 0.15) is 31.2 Å². The third kappa shape index (κ3) is 4.23. The molecule has 112 valence electrons. The van der Waals surface area contributed by atoms with Crippen molar-refractivity contribution in [3.8, 4) is 0 Å². The van der Waals surface area contributed by atoms with Gasteiger partial charge in [0.25, 0.3) is 0 Å². The molecule has 2 amide bonds. The van der Waals surface area contributed by atoms with E-state index in [2.05, 4.69) is 22.3 Å². The number of amides is 2. The summed E-state index contributed by atoms with van der Waals surface area (Å²) in [6, 6.07) is 2.03. The summed E-state index contributed by atoms with van der Waals surface area (Å²) in [4.78, 5) is 16.2. The minimum absolute atomic E-state index is 0.0611. The fourth-order valence-corrected chi connectivity index (χ4v) is 2.40. The topological polar surface area (TPSA) is 61.6 Å². The first-order chi connectivity index (χ1) is 9.69. The predicted molar refractivity (Wildman–Crippen MR) is 76.4 cm³/mol. The summed E-state index contributed by atoms with van der Waals surface area (Å²) in [6.45, 7) is 8.97. The number of hydrogen-bond acceptors (Lipinski definition) is 4. The molecule has 2 heterocycles. The van der Waals surface area contributed by atoms with Gasteiger partial charge in [-0.3, -0.25) is 4.90 Å². The van der Waals surface area contributed by atoms with Crippen molar-refractivity contribution in [1.82, 2.24) is 20.3 Å². The lowest BCUT2D eigenvalue weighted by Crippen LogP contribution is -2.42. The Hall–Kier alpha value is -1.56. The monoisotopic (exact) mass is 280 g/mol. The molecule has 6 nitrogen and oxygen atoms in total. The van der Waals surface area contributed by atoms with Gasteiger partial charge >= 0.3 is 6.03 Å². The number of urea groups is 1. The van der Waals surface area contributed by atoms with Crippen LogP contribution in [0.2, 0.25) is 0 Å². The Morgan fingerprint density at radius 3 is 2.95 bits per heavy atom. The SMILES string of the molecule is CCCNC(=O)N1CCCN(Cc2cc(C)on2)CC1. The molecule has 0 bridgehead atoms. The van der Waals surface area contributed by atoms with E-state index in [1.807, 2.05) is 17.9 Å². The van der Waals surface area contributed by atoms with Crippen LogP contribution < -0.4 is 5.32 Å². The number of nitrogens with one attached hydrogen (secondary N) is 1. The van der Waals surface area contributed by atoms with Gasteiger partial charge in [-0.1, -0.05) is 12.1 Å². The van der Waals surface area contributed by atoms with Gasteiger partial charge in [-0.15, -0.1) is 0 Å². The van der Waals surface area contributed by atoms with E-state index in [4.69, 9.17) is 4.52 Å². The molecule has 1 aliphatic heterocycles. The van der Waals surface area contributed by atoms with Gasteiger partial charge in [0.2, 0.25) is 0 Å². The van der Waals surface area contributed by atoms with Gasteiger partial charge in [0.1, 0.15) is 5.76 Å². The summed E-state index contributed by atoms with van der Waals surface area (Å²) >= 11 is 0. The smallest absolute Gasteiger partial charge is 0.317 e. The highest BCUT2D eigenvalue weighted by Gasteiger charge is 2.19. The molecule has 1 aliphatic rings. The van der Waals surface area contributed by atoms with E-state index >= 15 is 0 Å². The lowest BCUT2D eigenvalue weighted by molar-refractivity contribution is 0.197. The van der Waals surface area contributed by atoms with E-state index in [1.165, 1.54) is 0 Å². The molecule has 1 fully saturated rings. The van der Waals surface area contributed by atoms with Crippen LogP contribution in [0, 0.1) is 6.92 Å². The maximum Gasteiger partial charge on any atom is 0.317 e. The highest BCUT2D eigenvalue weighted by Crippen LogP contribution is 2.09. The Labute approximate surface area is 120 Å². The highest BCUT2D eigenvalue weighted by atomic mass is 16.5. The standard InChI is InChI=1S/C14H24N4O2/c1-3-5-15-14(19)18-7-4-6-17(8-9-18)11-13-10-12(2)20-16-13/h10H,3-9,11H2,1-2H3,(H,15,19). The van der Waals surface area contributed by atoms with Gasteiger partial charge in [-0.25, -0.2) is 4.79 Å². The molecule has 0 radical (unpaired) electrons. The number of carbonyl (C=O) groups is 1. The fourth-order valence-electron chi connectivity index (χ4n) is 2.40. The molecule has 0 spiro atoms. The van der Waals surface area contributed by atoms with Crippen LogP contribution in [0.15, 0.2) is 10.6 Å². The first-order valence-electron chi connectivity index (χ1n) is 7.36. The van der Waals surface area contributed by atoms with E-state index < -0.39 is 0 Å². The minimum Gasteiger partial charge on any atom is -0.361 e. The molecule has 0 unspecified atom stereocenters. The number of hydrogen-bond donors (Lipinski definition) is 1. The van der Waals surface area contributed by atoms with E-state index in [0.29, 0.717) is 0 Å². The quantitative estimate of drug-likeness (QED) is 0.910. The number of aryl methyl sites for hydroxylation is 1. The molecule has 1 aromatic rings. The predicted octanol–water partition coefficient (Wildman–Crippen LogP) is 1.61. The molecule has 0 atom stereocenters. The molecular formula is C14H24N4O2. The number of rotatable bonds is 4. The second kappa shape index (κ2) is 7.28. The van der Waals surface area contributed by atoms with Crippen LogP contribution in [0.4, 0.5) is 4.79 Å². The summed E-state index contributed by atoms with van der Waals surface area (Å²) in [7, 11) is 0. The van der Waals surface area contributed by atoms with Crippen molar-refractivity contribution in [3.63, 3.8) is 0 Å². The first-order valence-corrected chi connectivity index (χ1v) is 7.36. The zero-order valence-corrected chi connectivity index (χ0v) is 12.4. The fraction of sp³-hybridized carbons (Fsp3) is 0.714. The van der Waals surface area contributed by atoms with Crippen molar-refractivity contribution >= 4 is 6.03 Å². The molecule has 0 aromatic carbocycles. The van der Waals surface area contributed by atoms with Crippen LogP contribution in [-0.2, 0) is 6.54 Å². The average Bonchev–Trinajstić information content (AvgIpc) is 2.71.